The summed E-state index contributed by atoms with van der Waals surface area (Å²) in [6.45, 7) is 0. The number of anilines is 1. The smallest absolute Gasteiger partial charge is 0.253 e. The molecule has 2 amide bonds. The molecule has 1 aromatic carbocycles. The second kappa shape index (κ2) is 5.88. The van der Waals surface area contributed by atoms with E-state index in [9.17, 15) is 9.59 Å². The summed E-state index contributed by atoms with van der Waals surface area (Å²) >= 11 is 0. The molecule has 0 fully saturated rings. The number of nitrogens with one attached hydrogen (secondary N) is 1. The van der Waals surface area contributed by atoms with Crippen molar-refractivity contribution in [3.63, 3.8) is 0 Å². The molecule has 0 saturated heterocycles. The molecule has 5 nitrogen and oxygen atoms in total. The normalized spacial score (nSPS) is 20.8. The van der Waals surface area contributed by atoms with E-state index in [-0.39, 0.29) is 23.8 Å². The molecule has 0 radical (unpaired) electrons. The summed E-state index contributed by atoms with van der Waals surface area (Å²) in [5.74, 6) is -0.304. The Balaban J connectivity index is 1.99. The Bertz CT molecular complexity index is 535. The molecule has 0 bridgehead atoms. The van der Waals surface area contributed by atoms with Crippen LogP contribution in [0.3, 0.4) is 0 Å². The van der Waals surface area contributed by atoms with Crippen LogP contribution in [0.1, 0.15) is 16.8 Å². The molecule has 20 heavy (non-hydrogen) atoms. The number of nitrogens with two attached hydrogens (primary N) is 1. The van der Waals surface area contributed by atoms with Gasteiger partial charge in [-0.1, -0.05) is 12.2 Å². The van der Waals surface area contributed by atoms with E-state index in [4.69, 9.17) is 5.73 Å². The summed E-state index contributed by atoms with van der Waals surface area (Å²) in [5, 5.41) is 2.83. The predicted molar refractivity (Wildman–Crippen MR) is 78.3 cm³/mol. The van der Waals surface area contributed by atoms with Crippen LogP contribution in [0, 0.1) is 5.92 Å². The Kier molecular flexibility index (Phi) is 4.20. The third-order valence-electron chi connectivity index (χ3n) is 3.26. The SMILES string of the molecule is CN(C)C(=O)c1ccc(NC(=O)C2C=CC(N)C2)cc1. The van der Waals surface area contributed by atoms with Crippen molar-refractivity contribution in [2.24, 2.45) is 11.7 Å². The first kappa shape index (κ1) is 14.3. The van der Waals surface area contributed by atoms with Crippen molar-refractivity contribution in [1.29, 1.82) is 0 Å². The van der Waals surface area contributed by atoms with Crippen molar-refractivity contribution in [2.45, 2.75) is 12.5 Å². The highest BCUT2D eigenvalue weighted by Gasteiger charge is 2.22. The minimum absolute atomic E-state index is 0.0363. The Hall–Kier alpha value is -2.14. The fourth-order valence-electron chi connectivity index (χ4n) is 2.11. The predicted octanol–water partition coefficient (Wildman–Crippen LogP) is 1.23. The van der Waals surface area contributed by atoms with Gasteiger partial charge in [-0.3, -0.25) is 9.59 Å². The fraction of sp³-hybridized carbons (Fsp3) is 0.333. The quantitative estimate of drug-likeness (QED) is 0.813. The van der Waals surface area contributed by atoms with E-state index < -0.39 is 0 Å². The van der Waals surface area contributed by atoms with Gasteiger partial charge < -0.3 is 16.0 Å². The number of benzene rings is 1. The van der Waals surface area contributed by atoms with E-state index in [0.717, 1.165) is 0 Å². The summed E-state index contributed by atoms with van der Waals surface area (Å²) in [4.78, 5) is 25.2. The van der Waals surface area contributed by atoms with Crippen LogP contribution in [-0.2, 0) is 4.79 Å². The summed E-state index contributed by atoms with van der Waals surface area (Å²) in [6.07, 6.45) is 4.33. The van der Waals surface area contributed by atoms with Crippen molar-refractivity contribution >= 4 is 17.5 Å². The molecule has 1 aromatic rings. The van der Waals surface area contributed by atoms with Gasteiger partial charge in [0.2, 0.25) is 5.91 Å². The van der Waals surface area contributed by atoms with Gasteiger partial charge in [-0.15, -0.1) is 0 Å². The second-order valence-electron chi connectivity index (χ2n) is 5.16. The first-order valence-electron chi connectivity index (χ1n) is 6.54. The molecule has 0 aromatic heterocycles. The average Bonchev–Trinajstić information content (AvgIpc) is 2.85. The minimum Gasteiger partial charge on any atom is -0.345 e. The molecule has 0 spiro atoms. The lowest BCUT2D eigenvalue weighted by Gasteiger charge is -2.12. The zero-order valence-electron chi connectivity index (χ0n) is 11.7. The highest BCUT2D eigenvalue weighted by molar-refractivity contribution is 5.96. The van der Waals surface area contributed by atoms with Crippen molar-refractivity contribution in [1.82, 2.24) is 4.90 Å². The highest BCUT2D eigenvalue weighted by atomic mass is 16.2. The van der Waals surface area contributed by atoms with Crippen LogP contribution in [0.15, 0.2) is 36.4 Å². The van der Waals surface area contributed by atoms with E-state index in [2.05, 4.69) is 5.32 Å². The van der Waals surface area contributed by atoms with E-state index in [1.54, 1.807) is 38.4 Å². The zero-order valence-corrected chi connectivity index (χ0v) is 11.7. The van der Waals surface area contributed by atoms with Crippen LogP contribution in [0.4, 0.5) is 5.69 Å². The highest BCUT2D eigenvalue weighted by Crippen LogP contribution is 2.19. The lowest BCUT2D eigenvalue weighted by Crippen LogP contribution is -2.24. The van der Waals surface area contributed by atoms with Gasteiger partial charge in [0, 0.05) is 31.4 Å². The number of hydrogen-bond donors (Lipinski definition) is 2. The molecule has 3 N–H and O–H groups in total. The van der Waals surface area contributed by atoms with Gasteiger partial charge in [-0.2, -0.15) is 0 Å². The minimum atomic E-state index is -0.173. The lowest BCUT2D eigenvalue weighted by atomic mass is 10.1. The van der Waals surface area contributed by atoms with Crippen molar-refractivity contribution in [3.05, 3.63) is 42.0 Å². The molecule has 1 aliphatic carbocycles. The molecule has 2 atom stereocenters. The largest absolute Gasteiger partial charge is 0.345 e. The van der Waals surface area contributed by atoms with E-state index in [0.29, 0.717) is 17.7 Å². The molecule has 106 valence electrons. The maximum Gasteiger partial charge on any atom is 0.253 e. The maximum absolute atomic E-state index is 12.0. The van der Waals surface area contributed by atoms with E-state index in [1.165, 1.54) is 4.90 Å². The summed E-state index contributed by atoms with van der Waals surface area (Å²) in [7, 11) is 3.40. The number of carbonyl (C=O) groups is 2. The number of nitrogens with zero attached hydrogens (tertiary/aromatic N) is 1. The third-order valence-corrected chi connectivity index (χ3v) is 3.26. The number of rotatable bonds is 3. The van der Waals surface area contributed by atoms with Crippen molar-refractivity contribution in [3.8, 4) is 0 Å². The molecular weight excluding hydrogens is 254 g/mol. The zero-order chi connectivity index (χ0) is 14.7. The maximum atomic E-state index is 12.0. The Morgan fingerprint density at radius 3 is 2.35 bits per heavy atom. The Labute approximate surface area is 118 Å². The Morgan fingerprint density at radius 2 is 1.85 bits per heavy atom. The van der Waals surface area contributed by atoms with Crippen LogP contribution in [0.5, 0.6) is 0 Å². The third kappa shape index (κ3) is 3.24. The van der Waals surface area contributed by atoms with Gasteiger partial charge in [0.1, 0.15) is 0 Å². The molecule has 2 rings (SSSR count). The molecule has 5 heteroatoms. The van der Waals surface area contributed by atoms with Crippen LogP contribution >= 0.6 is 0 Å². The van der Waals surface area contributed by atoms with E-state index >= 15 is 0 Å². The summed E-state index contributed by atoms with van der Waals surface area (Å²) in [5.41, 5.74) is 7.00. The van der Waals surface area contributed by atoms with Crippen LogP contribution in [0.25, 0.3) is 0 Å². The topological polar surface area (TPSA) is 75.4 Å². The molecule has 0 heterocycles. The van der Waals surface area contributed by atoms with Gasteiger partial charge in [0.15, 0.2) is 0 Å². The first-order chi connectivity index (χ1) is 9.47. The molecule has 2 unspecified atom stereocenters. The number of hydrogen-bond acceptors (Lipinski definition) is 3. The lowest BCUT2D eigenvalue weighted by molar-refractivity contribution is -0.118. The summed E-state index contributed by atoms with van der Waals surface area (Å²) in [6, 6.07) is 6.83. The standard InChI is InChI=1S/C15H19N3O2/c1-18(2)15(20)10-4-7-13(8-5-10)17-14(19)11-3-6-12(16)9-11/h3-8,11-12H,9,16H2,1-2H3,(H,17,19). The van der Waals surface area contributed by atoms with Gasteiger partial charge in [-0.25, -0.2) is 0 Å². The molecule has 0 aliphatic heterocycles. The van der Waals surface area contributed by atoms with Crippen LogP contribution in [0.2, 0.25) is 0 Å². The van der Waals surface area contributed by atoms with Crippen molar-refractivity contribution < 1.29 is 9.59 Å². The fourth-order valence-corrected chi connectivity index (χ4v) is 2.11. The monoisotopic (exact) mass is 273 g/mol. The Morgan fingerprint density at radius 1 is 1.20 bits per heavy atom. The van der Waals surface area contributed by atoms with Crippen LogP contribution < -0.4 is 11.1 Å². The molecule has 1 aliphatic rings. The molecular formula is C15H19N3O2. The summed E-state index contributed by atoms with van der Waals surface area (Å²) < 4.78 is 0. The van der Waals surface area contributed by atoms with Crippen molar-refractivity contribution in [2.75, 3.05) is 19.4 Å². The number of carbonyl (C=O) groups excluding carboxylic acids is 2. The molecule has 0 saturated carbocycles. The van der Waals surface area contributed by atoms with Gasteiger partial charge >= 0.3 is 0 Å². The van der Waals surface area contributed by atoms with E-state index in [1.807, 2.05) is 12.2 Å². The van der Waals surface area contributed by atoms with Gasteiger partial charge in [0.25, 0.3) is 5.91 Å². The second-order valence-corrected chi connectivity index (χ2v) is 5.16. The number of amides is 2. The average molecular weight is 273 g/mol. The van der Waals surface area contributed by atoms with Gasteiger partial charge in [-0.05, 0) is 30.7 Å². The first-order valence-corrected chi connectivity index (χ1v) is 6.54. The van der Waals surface area contributed by atoms with Crippen LogP contribution in [-0.4, -0.2) is 36.9 Å². The van der Waals surface area contributed by atoms with Gasteiger partial charge in [0.05, 0.1) is 5.92 Å².